The minimum Gasteiger partial charge on any atom is -0.382 e. The third-order valence-corrected chi connectivity index (χ3v) is 4.13. The summed E-state index contributed by atoms with van der Waals surface area (Å²) in [7, 11) is 0. The summed E-state index contributed by atoms with van der Waals surface area (Å²) in [6, 6.07) is 6.65. The van der Waals surface area contributed by atoms with Crippen molar-refractivity contribution >= 4 is 17.3 Å². The Bertz CT molecular complexity index is 470. The normalized spacial score (nSPS) is 17.0. The maximum absolute atomic E-state index is 6.00. The number of halogens is 1. The van der Waals surface area contributed by atoms with E-state index in [1.165, 1.54) is 42.8 Å². The number of piperidine rings is 1. The SMILES string of the molecule is CC(C)=CCN1CCC(Nc2ccc(Cl)cc2C)CC1. The van der Waals surface area contributed by atoms with Gasteiger partial charge in [0.25, 0.3) is 0 Å². The van der Waals surface area contributed by atoms with Gasteiger partial charge < -0.3 is 5.32 Å². The fourth-order valence-corrected chi connectivity index (χ4v) is 2.81. The summed E-state index contributed by atoms with van der Waals surface area (Å²) in [6.45, 7) is 9.88. The van der Waals surface area contributed by atoms with E-state index in [0.29, 0.717) is 6.04 Å². The predicted octanol–water partition coefficient (Wildman–Crippen LogP) is 4.49. The highest BCUT2D eigenvalue weighted by atomic mass is 35.5. The molecule has 2 rings (SSSR count). The van der Waals surface area contributed by atoms with E-state index in [4.69, 9.17) is 11.6 Å². The van der Waals surface area contributed by atoms with Crippen LogP contribution in [0.5, 0.6) is 0 Å². The van der Waals surface area contributed by atoms with Crippen molar-refractivity contribution in [2.24, 2.45) is 0 Å². The Kier molecular flexibility index (Phi) is 5.50. The van der Waals surface area contributed by atoms with Crippen LogP contribution in [-0.2, 0) is 0 Å². The summed E-state index contributed by atoms with van der Waals surface area (Å²) in [5, 5.41) is 4.47. The molecule has 0 unspecified atom stereocenters. The second kappa shape index (κ2) is 7.14. The first-order chi connectivity index (χ1) is 9.54. The topological polar surface area (TPSA) is 15.3 Å². The first kappa shape index (κ1) is 15.4. The molecule has 0 saturated carbocycles. The van der Waals surface area contributed by atoms with Gasteiger partial charge in [-0.25, -0.2) is 0 Å². The van der Waals surface area contributed by atoms with Crippen molar-refractivity contribution in [1.82, 2.24) is 4.90 Å². The number of hydrogen-bond donors (Lipinski definition) is 1. The number of anilines is 1. The summed E-state index contributed by atoms with van der Waals surface area (Å²) in [5.41, 5.74) is 3.85. The van der Waals surface area contributed by atoms with E-state index in [2.05, 4.69) is 43.1 Å². The summed E-state index contributed by atoms with van der Waals surface area (Å²) < 4.78 is 0. The van der Waals surface area contributed by atoms with Crippen LogP contribution in [0.3, 0.4) is 0 Å². The highest BCUT2D eigenvalue weighted by Crippen LogP contribution is 2.22. The van der Waals surface area contributed by atoms with E-state index in [9.17, 15) is 0 Å². The molecule has 3 heteroatoms. The molecule has 0 aliphatic carbocycles. The Labute approximate surface area is 127 Å². The Balaban J connectivity index is 1.83. The smallest absolute Gasteiger partial charge is 0.0410 e. The molecule has 1 N–H and O–H groups in total. The Hall–Kier alpha value is -0.990. The average molecular weight is 293 g/mol. The molecular formula is C17H25ClN2. The first-order valence-corrected chi connectivity index (χ1v) is 7.81. The molecule has 1 aliphatic heterocycles. The largest absolute Gasteiger partial charge is 0.382 e. The molecule has 0 bridgehead atoms. The molecule has 1 heterocycles. The zero-order chi connectivity index (χ0) is 14.5. The van der Waals surface area contributed by atoms with E-state index >= 15 is 0 Å². The van der Waals surface area contributed by atoms with Crippen LogP contribution >= 0.6 is 11.6 Å². The molecule has 0 radical (unpaired) electrons. The molecule has 1 saturated heterocycles. The van der Waals surface area contributed by atoms with Gasteiger partial charge in [-0.1, -0.05) is 23.3 Å². The molecule has 0 amide bonds. The molecule has 1 aromatic rings. The average Bonchev–Trinajstić information content (AvgIpc) is 2.41. The van der Waals surface area contributed by atoms with Gasteiger partial charge in [0.05, 0.1) is 0 Å². The monoisotopic (exact) mass is 292 g/mol. The quantitative estimate of drug-likeness (QED) is 0.823. The number of hydrogen-bond acceptors (Lipinski definition) is 2. The van der Waals surface area contributed by atoms with E-state index in [1.54, 1.807) is 0 Å². The third kappa shape index (κ3) is 4.53. The lowest BCUT2D eigenvalue weighted by molar-refractivity contribution is 0.240. The highest BCUT2D eigenvalue weighted by molar-refractivity contribution is 6.30. The highest BCUT2D eigenvalue weighted by Gasteiger charge is 2.18. The Morgan fingerprint density at radius 1 is 1.35 bits per heavy atom. The van der Waals surface area contributed by atoms with Crippen molar-refractivity contribution in [2.45, 2.75) is 39.7 Å². The molecule has 0 spiro atoms. The standard InChI is InChI=1S/C17H25ClN2/c1-13(2)6-9-20-10-7-16(8-11-20)19-17-5-4-15(18)12-14(17)3/h4-6,12,16,19H,7-11H2,1-3H3. The molecule has 20 heavy (non-hydrogen) atoms. The number of nitrogens with zero attached hydrogens (tertiary/aromatic N) is 1. The lowest BCUT2D eigenvalue weighted by Gasteiger charge is -2.32. The summed E-state index contributed by atoms with van der Waals surface area (Å²) >= 11 is 6.00. The first-order valence-electron chi connectivity index (χ1n) is 7.43. The molecule has 1 aliphatic rings. The van der Waals surface area contributed by atoms with Crippen LogP contribution in [0.15, 0.2) is 29.8 Å². The molecule has 1 aromatic carbocycles. The molecular weight excluding hydrogens is 268 g/mol. The zero-order valence-electron chi connectivity index (χ0n) is 12.7. The van der Waals surface area contributed by atoms with E-state index < -0.39 is 0 Å². The van der Waals surface area contributed by atoms with Crippen LogP contribution in [0.2, 0.25) is 5.02 Å². The fraction of sp³-hybridized carbons (Fsp3) is 0.529. The van der Waals surface area contributed by atoms with Gasteiger partial charge in [-0.3, -0.25) is 4.90 Å². The second-order valence-corrected chi connectivity index (χ2v) is 6.40. The fourth-order valence-electron chi connectivity index (χ4n) is 2.58. The van der Waals surface area contributed by atoms with Crippen molar-refractivity contribution in [1.29, 1.82) is 0 Å². The lowest BCUT2D eigenvalue weighted by atomic mass is 10.0. The van der Waals surface area contributed by atoms with Crippen LogP contribution in [-0.4, -0.2) is 30.6 Å². The van der Waals surface area contributed by atoms with Crippen molar-refractivity contribution in [3.05, 3.63) is 40.4 Å². The van der Waals surface area contributed by atoms with Crippen molar-refractivity contribution in [3.8, 4) is 0 Å². The van der Waals surface area contributed by atoms with Crippen LogP contribution in [0.4, 0.5) is 5.69 Å². The van der Waals surface area contributed by atoms with Crippen LogP contribution in [0.25, 0.3) is 0 Å². The van der Waals surface area contributed by atoms with Gasteiger partial charge in [-0.05, 0) is 57.4 Å². The van der Waals surface area contributed by atoms with Gasteiger partial charge in [0.15, 0.2) is 0 Å². The van der Waals surface area contributed by atoms with Crippen LogP contribution in [0, 0.1) is 6.92 Å². The molecule has 0 aromatic heterocycles. The zero-order valence-corrected chi connectivity index (χ0v) is 13.5. The summed E-state index contributed by atoms with van der Waals surface area (Å²) in [5.74, 6) is 0. The maximum Gasteiger partial charge on any atom is 0.0410 e. The summed E-state index contributed by atoms with van der Waals surface area (Å²) in [6.07, 6.45) is 4.73. The third-order valence-electron chi connectivity index (χ3n) is 3.89. The predicted molar refractivity (Wildman–Crippen MR) is 88.7 cm³/mol. The second-order valence-electron chi connectivity index (χ2n) is 5.96. The van der Waals surface area contributed by atoms with E-state index in [1.807, 2.05) is 12.1 Å². The Morgan fingerprint density at radius 3 is 2.65 bits per heavy atom. The van der Waals surface area contributed by atoms with Gasteiger partial charge in [-0.15, -0.1) is 0 Å². The number of likely N-dealkylation sites (tertiary alicyclic amines) is 1. The molecule has 0 atom stereocenters. The minimum atomic E-state index is 0.581. The molecule has 110 valence electrons. The van der Waals surface area contributed by atoms with Gasteiger partial charge in [-0.2, -0.15) is 0 Å². The van der Waals surface area contributed by atoms with Gasteiger partial charge in [0.2, 0.25) is 0 Å². The number of nitrogens with one attached hydrogen (secondary N) is 1. The molecule has 1 fully saturated rings. The number of aryl methyl sites for hydroxylation is 1. The van der Waals surface area contributed by atoms with E-state index in [0.717, 1.165) is 11.6 Å². The maximum atomic E-state index is 6.00. The molecule has 2 nitrogen and oxygen atoms in total. The van der Waals surface area contributed by atoms with Gasteiger partial charge >= 0.3 is 0 Å². The van der Waals surface area contributed by atoms with Gasteiger partial charge in [0.1, 0.15) is 0 Å². The number of rotatable bonds is 4. The van der Waals surface area contributed by atoms with Crippen molar-refractivity contribution in [2.75, 3.05) is 25.0 Å². The van der Waals surface area contributed by atoms with Crippen LogP contribution < -0.4 is 5.32 Å². The van der Waals surface area contributed by atoms with Crippen LogP contribution in [0.1, 0.15) is 32.3 Å². The summed E-state index contributed by atoms with van der Waals surface area (Å²) in [4.78, 5) is 2.53. The minimum absolute atomic E-state index is 0.581. The van der Waals surface area contributed by atoms with E-state index in [-0.39, 0.29) is 0 Å². The van der Waals surface area contributed by atoms with Crippen molar-refractivity contribution < 1.29 is 0 Å². The number of benzene rings is 1. The Morgan fingerprint density at radius 2 is 2.05 bits per heavy atom. The van der Waals surface area contributed by atoms with Gasteiger partial charge in [0, 0.05) is 36.4 Å². The number of allylic oxidation sites excluding steroid dienone is 1. The lowest BCUT2D eigenvalue weighted by Crippen LogP contribution is -2.39. The van der Waals surface area contributed by atoms with Crippen molar-refractivity contribution in [3.63, 3.8) is 0 Å².